The van der Waals surface area contributed by atoms with E-state index in [0.29, 0.717) is 24.1 Å². The van der Waals surface area contributed by atoms with Crippen molar-refractivity contribution < 1.29 is 14.7 Å². The SMILES string of the molecule is CC1CCCc2cc(C(=O)N[C@@H]3C[C@H](C(=O)O)[C@H]4C[C@H]43)nn21. The van der Waals surface area contributed by atoms with Crippen molar-refractivity contribution in [2.75, 3.05) is 0 Å². The van der Waals surface area contributed by atoms with Crippen LogP contribution in [-0.2, 0) is 11.2 Å². The summed E-state index contributed by atoms with van der Waals surface area (Å²) in [6.07, 6.45) is 4.70. The van der Waals surface area contributed by atoms with Crippen LogP contribution in [0.1, 0.15) is 54.8 Å². The van der Waals surface area contributed by atoms with Crippen LogP contribution in [0.5, 0.6) is 0 Å². The molecule has 118 valence electrons. The smallest absolute Gasteiger partial charge is 0.306 e. The molecule has 1 aromatic rings. The van der Waals surface area contributed by atoms with Gasteiger partial charge in [-0.15, -0.1) is 0 Å². The number of carbonyl (C=O) groups excluding carboxylic acids is 1. The lowest BCUT2D eigenvalue weighted by atomic mass is 10.0. The second-order valence-electron chi connectivity index (χ2n) is 7.03. The lowest BCUT2D eigenvalue weighted by Gasteiger charge is -2.20. The highest BCUT2D eigenvalue weighted by atomic mass is 16.4. The van der Waals surface area contributed by atoms with Gasteiger partial charge in [0, 0.05) is 17.8 Å². The number of hydrogen-bond acceptors (Lipinski definition) is 3. The summed E-state index contributed by atoms with van der Waals surface area (Å²) < 4.78 is 1.97. The number of hydrogen-bond donors (Lipinski definition) is 2. The summed E-state index contributed by atoms with van der Waals surface area (Å²) in [5.41, 5.74) is 1.60. The topological polar surface area (TPSA) is 84.2 Å². The summed E-state index contributed by atoms with van der Waals surface area (Å²) >= 11 is 0. The number of carboxylic acids is 1. The van der Waals surface area contributed by atoms with Crippen molar-refractivity contribution in [2.45, 2.75) is 51.1 Å². The Morgan fingerprint density at radius 3 is 2.86 bits per heavy atom. The molecule has 0 radical (unpaired) electrons. The molecule has 2 saturated carbocycles. The van der Waals surface area contributed by atoms with Crippen LogP contribution in [0.3, 0.4) is 0 Å². The van der Waals surface area contributed by atoms with Gasteiger partial charge < -0.3 is 10.4 Å². The molecule has 2 heterocycles. The third-order valence-corrected chi connectivity index (χ3v) is 5.58. The van der Waals surface area contributed by atoms with Gasteiger partial charge in [-0.05, 0) is 56.9 Å². The molecule has 0 aromatic carbocycles. The predicted octanol–water partition coefficient (Wildman–Crippen LogP) is 1.62. The minimum Gasteiger partial charge on any atom is -0.481 e. The molecule has 2 fully saturated rings. The molecule has 1 unspecified atom stereocenters. The number of aliphatic carboxylic acids is 1. The fourth-order valence-corrected chi connectivity index (χ4v) is 4.29. The molecule has 4 rings (SSSR count). The van der Waals surface area contributed by atoms with Gasteiger partial charge in [0.2, 0.25) is 0 Å². The zero-order chi connectivity index (χ0) is 15.4. The molecular formula is C16H21N3O3. The average molecular weight is 303 g/mol. The van der Waals surface area contributed by atoms with E-state index in [1.54, 1.807) is 0 Å². The predicted molar refractivity (Wildman–Crippen MR) is 78.5 cm³/mol. The minimum absolute atomic E-state index is 0.00486. The van der Waals surface area contributed by atoms with Crippen molar-refractivity contribution in [1.29, 1.82) is 0 Å². The van der Waals surface area contributed by atoms with E-state index in [-0.39, 0.29) is 23.8 Å². The van der Waals surface area contributed by atoms with Crippen molar-refractivity contribution in [1.82, 2.24) is 15.1 Å². The van der Waals surface area contributed by atoms with E-state index in [1.807, 2.05) is 10.7 Å². The maximum Gasteiger partial charge on any atom is 0.306 e. The molecule has 1 aromatic heterocycles. The highest BCUT2D eigenvalue weighted by molar-refractivity contribution is 5.92. The molecule has 0 bridgehead atoms. The summed E-state index contributed by atoms with van der Waals surface area (Å²) in [6, 6.07) is 2.23. The van der Waals surface area contributed by atoms with Crippen LogP contribution in [0.25, 0.3) is 0 Å². The average Bonchev–Trinajstić information content (AvgIpc) is 2.99. The van der Waals surface area contributed by atoms with Crippen LogP contribution in [0, 0.1) is 17.8 Å². The van der Waals surface area contributed by atoms with Crippen LogP contribution in [0.4, 0.5) is 0 Å². The fraction of sp³-hybridized carbons (Fsp3) is 0.688. The van der Waals surface area contributed by atoms with Gasteiger partial charge in [0.1, 0.15) is 5.69 Å². The fourth-order valence-electron chi connectivity index (χ4n) is 4.29. The van der Waals surface area contributed by atoms with E-state index in [2.05, 4.69) is 17.3 Å². The number of nitrogens with zero attached hydrogens (tertiary/aromatic N) is 2. The minimum atomic E-state index is -0.726. The van der Waals surface area contributed by atoms with Crippen molar-refractivity contribution in [3.8, 4) is 0 Å². The first kappa shape index (κ1) is 13.8. The van der Waals surface area contributed by atoms with Crippen LogP contribution >= 0.6 is 0 Å². The van der Waals surface area contributed by atoms with E-state index < -0.39 is 5.97 Å². The lowest BCUT2D eigenvalue weighted by Crippen LogP contribution is -2.36. The van der Waals surface area contributed by atoms with Crippen LogP contribution < -0.4 is 5.32 Å². The second-order valence-corrected chi connectivity index (χ2v) is 7.03. The number of aryl methyl sites for hydroxylation is 1. The Kier molecular flexibility index (Phi) is 3.03. The van der Waals surface area contributed by atoms with Gasteiger partial charge in [-0.3, -0.25) is 14.3 Å². The Labute approximate surface area is 128 Å². The van der Waals surface area contributed by atoms with Gasteiger partial charge in [0.15, 0.2) is 0 Å². The molecular weight excluding hydrogens is 282 g/mol. The monoisotopic (exact) mass is 303 g/mol. The summed E-state index contributed by atoms with van der Waals surface area (Å²) in [6.45, 7) is 2.13. The number of amides is 1. The Hall–Kier alpha value is -1.85. The lowest BCUT2D eigenvalue weighted by molar-refractivity contribution is -0.142. The molecule has 3 aliphatic rings. The van der Waals surface area contributed by atoms with E-state index in [4.69, 9.17) is 0 Å². The Balaban J connectivity index is 1.46. The first-order valence-electron chi connectivity index (χ1n) is 8.16. The molecule has 22 heavy (non-hydrogen) atoms. The van der Waals surface area contributed by atoms with Crippen molar-refractivity contribution in [2.24, 2.45) is 17.8 Å². The Morgan fingerprint density at radius 1 is 1.36 bits per heavy atom. The van der Waals surface area contributed by atoms with E-state index in [9.17, 15) is 14.7 Å². The molecule has 0 saturated heterocycles. The van der Waals surface area contributed by atoms with Gasteiger partial charge in [0.25, 0.3) is 5.91 Å². The van der Waals surface area contributed by atoms with Gasteiger partial charge >= 0.3 is 5.97 Å². The number of rotatable bonds is 3. The maximum absolute atomic E-state index is 12.4. The second kappa shape index (κ2) is 4.83. The molecule has 2 N–H and O–H groups in total. The zero-order valence-electron chi connectivity index (χ0n) is 12.7. The summed E-state index contributed by atoms with van der Waals surface area (Å²) in [4.78, 5) is 23.6. The quantitative estimate of drug-likeness (QED) is 0.888. The molecule has 1 aliphatic heterocycles. The first-order valence-corrected chi connectivity index (χ1v) is 8.16. The highest BCUT2D eigenvalue weighted by Gasteiger charge is 2.57. The third-order valence-electron chi connectivity index (χ3n) is 5.58. The van der Waals surface area contributed by atoms with Crippen molar-refractivity contribution in [3.05, 3.63) is 17.5 Å². The standard InChI is InChI=1S/C16H21N3O3/c1-8-3-2-4-9-5-14(18-19(8)9)15(20)17-13-7-12(16(21)22)10-6-11(10)13/h5,8,10-13H,2-4,6-7H2,1H3,(H,17,20)(H,21,22)/t8?,10-,11+,12-,13+/m0/s1. The Bertz CT molecular complexity index is 639. The molecule has 0 spiro atoms. The highest BCUT2D eigenvalue weighted by Crippen LogP contribution is 2.55. The van der Waals surface area contributed by atoms with Crippen molar-refractivity contribution >= 4 is 11.9 Å². The molecule has 6 heteroatoms. The molecule has 2 aliphatic carbocycles. The summed E-state index contributed by atoms with van der Waals surface area (Å²) in [5.74, 6) is -0.559. The number of aromatic nitrogens is 2. The normalized spacial score (nSPS) is 35.6. The van der Waals surface area contributed by atoms with Gasteiger partial charge in [-0.2, -0.15) is 5.10 Å². The van der Waals surface area contributed by atoms with E-state index in [1.165, 1.54) is 0 Å². The van der Waals surface area contributed by atoms with Gasteiger partial charge in [-0.25, -0.2) is 0 Å². The number of carboxylic acid groups (broad SMARTS) is 1. The van der Waals surface area contributed by atoms with Gasteiger partial charge in [0.05, 0.1) is 5.92 Å². The number of carbonyl (C=O) groups is 2. The molecule has 1 amide bonds. The van der Waals surface area contributed by atoms with Crippen LogP contribution in [0.15, 0.2) is 6.07 Å². The van der Waals surface area contributed by atoms with E-state index >= 15 is 0 Å². The zero-order valence-corrected chi connectivity index (χ0v) is 12.7. The number of nitrogens with one attached hydrogen (secondary N) is 1. The van der Waals surface area contributed by atoms with E-state index in [0.717, 1.165) is 31.4 Å². The largest absolute Gasteiger partial charge is 0.481 e. The van der Waals surface area contributed by atoms with Crippen molar-refractivity contribution in [3.63, 3.8) is 0 Å². The molecule has 6 nitrogen and oxygen atoms in total. The number of fused-ring (bicyclic) bond motifs is 2. The van der Waals surface area contributed by atoms with Crippen LogP contribution in [-0.4, -0.2) is 32.8 Å². The third kappa shape index (κ3) is 2.12. The first-order chi connectivity index (χ1) is 10.5. The van der Waals surface area contributed by atoms with Gasteiger partial charge in [-0.1, -0.05) is 0 Å². The maximum atomic E-state index is 12.4. The summed E-state index contributed by atoms with van der Waals surface area (Å²) in [7, 11) is 0. The van der Waals surface area contributed by atoms with Crippen LogP contribution in [0.2, 0.25) is 0 Å². The Morgan fingerprint density at radius 2 is 2.18 bits per heavy atom. The molecule has 5 atom stereocenters. The summed E-state index contributed by atoms with van der Waals surface area (Å²) in [5, 5.41) is 16.7.